The summed E-state index contributed by atoms with van der Waals surface area (Å²) in [6.45, 7) is 15.5. The van der Waals surface area contributed by atoms with Crippen molar-refractivity contribution in [3.63, 3.8) is 0 Å². The van der Waals surface area contributed by atoms with E-state index in [1.807, 2.05) is 171 Å². The highest BCUT2D eigenvalue weighted by Crippen LogP contribution is 2.33. The van der Waals surface area contributed by atoms with Crippen LogP contribution in [0.25, 0.3) is 99.2 Å². The van der Waals surface area contributed by atoms with Gasteiger partial charge in [0.15, 0.2) is 0 Å². The van der Waals surface area contributed by atoms with Gasteiger partial charge in [0, 0.05) is 157 Å². The SMILES string of the molecule is CC(C)(C)OC(=O)Nc1ccc(B(O)O)cc1F.CN(C)c1ccc2nc(-c3ccc(N)c(F)c3)ccc2c1.CN(C)c1ccc2nc(-c3ccc(NC(=O)OC(C)(C)C)c(F)c3)ccc2c1.CN(C=O)c1ccc2c(ccc[n+]2O)c1.CN(C=O)c1ccc2nc(-c3ccc(NC(=O)OC(C)(C)C)c(F)c3)ccc2c1.CN(C=O)c1ccc2nc(Cl)ccc2c1.CN(C=O)c1ccc2ncccc2c1. The van der Waals surface area contributed by atoms with Gasteiger partial charge in [0.1, 0.15) is 45.2 Å². The molecule has 140 heavy (non-hydrogen) atoms. The molecule has 35 heteroatoms. The molecule has 6 aromatic heterocycles. The second-order valence-electron chi connectivity index (χ2n) is 35.0. The number of nitrogen functional groups attached to an aromatic ring is 1. The lowest BCUT2D eigenvalue weighted by Crippen LogP contribution is -2.31. The molecule has 16 rings (SSSR count). The molecule has 0 aliphatic rings. The van der Waals surface area contributed by atoms with Crippen molar-refractivity contribution in [2.75, 3.05) is 107 Å². The molecule has 0 atom stereocenters. The van der Waals surface area contributed by atoms with Crippen molar-refractivity contribution in [1.29, 1.82) is 0 Å². The van der Waals surface area contributed by atoms with Crippen molar-refractivity contribution in [3.8, 4) is 33.8 Å². The van der Waals surface area contributed by atoms with Crippen LogP contribution in [0.4, 0.5) is 88.8 Å². The number of hydrogen-bond donors (Lipinski definition) is 7. The fraction of sp³-hybridized carbons (Fsp3) is 0.190. The maximum Gasteiger partial charge on any atom is 0.488 e. The van der Waals surface area contributed by atoms with Crippen LogP contribution in [-0.2, 0) is 33.4 Å². The standard InChI is InChI=1S/C22H22FN3O3.C22H24FN3O2.C17H16FN3.C11H15BFNO4.C11H9ClN2O.C11H11N2O2.C11H10N2O/c1-22(2,3)29-21(28)25-20-9-6-15(12-17(20)23)18-8-5-14-11-16(26(4)13-27)7-10-19(14)24-18;1-22(2,3)28-21(27)25-20-10-7-15(13-17(20)23)18-9-6-14-12-16(26(4)5)8-11-19(14)24-18;1-21(2)13-5-8-17-11(9-13)4-7-16(20-17)12-3-6-15(19)14(18)10-12;1-11(2,3)18-10(15)14-9-5-4-7(12(16)17)6-8(9)13;1-14(7-15)9-3-4-10-8(6-9)2-5-11(12)13-10;1-12(8-14)10-4-5-11-9(7-10)3-2-6-13(11)15;1-13(8-14)10-4-5-11-9(7-10)3-2-6-12-11/h5-13H,1-4H3,(H,25,28);6-13H,1-5H3,(H,25,27);3-10H,19H2,1-2H3;4-6,16-17H,1-3H3,(H,14,15);2-7H,1H3;2-8,15H,1H3;2-8H,1H3/q;;;;;+1;. The molecule has 722 valence electrons. The molecule has 10 aromatic carbocycles. The minimum Gasteiger partial charge on any atom is -0.444 e. The topological polar surface area (TPSA) is 358 Å². The minimum absolute atomic E-state index is 0.00207. The molecular formula is C105H107BClF4N16O13+. The summed E-state index contributed by atoms with van der Waals surface area (Å²) >= 11 is 5.77. The molecule has 7 amide bonds. The lowest BCUT2D eigenvalue weighted by molar-refractivity contribution is -0.884. The quantitative estimate of drug-likeness (QED) is 0.00651. The van der Waals surface area contributed by atoms with Gasteiger partial charge in [-0.3, -0.25) is 45.3 Å². The Balaban J connectivity index is 0.000000171. The zero-order valence-corrected chi connectivity index (χ0v) is 80.8. The number of carbonyl (C=O) groups excluding carboxylic acids is 7. The number of amides is 7. The number of nitrogens with two attached hydrogens (primary N) is 1. The number of nitrogens with zero attached hydrogens (tertiary/aromatic N) is 12. The van der Waals surface area contributed by atoms with E-state index in [1.165, 1.54) is 62.1 Å². The summed E-state index contributed by atoms with van der Waals surface area (Å²) in [5, 5.41) is 40.6. The number of rotatable bonds is 17. The van der Waals surface area contributed by atoms with Gasteiger partial charge in [-0.2, -0.15) is 0 Å². The number of hydrogen-bond acceptors (Lipinski definition) is 21. The summed E-state index contributed by atoms with van der Waals surface area (Å²) in [6.07, 6.45) is 4.16. The van der Waals surface area contributed by atoms with E-state index in [4.69, 9.17) is 41.6 Å². The van der Waals surface area contributed by atoms with E-state index in [1.54, 1.807) is 164 Å². The van der Waals surface area contributed by atoms with E-state index < -0.39 is 65.5 Å². The monoisotopic (exact) mass is 1920 g/mol. The van der Waals surface area contributed by atoms with Crippen molar-refractivity contribution in [3.05, 3.63) is 296 Å². The first-order valence-electron chi connectivity index (χ1n) is 43.4. The molecule has 0 spiro atoms. The van der Waals surface area contributed by atoms with Gasteiger partial charge in [-0.05, 0) is 262 Å². The summed E-state index contributed by atoms with van der Waals surface area (Å²) in [6, 6.07) is 73.9. The molecule has 0 aliphatic heterocycles. The third kappa shape index (κ3) is 30.3. The predicted octanol–water partition coefficient (Wildman–Crippen LogP) is 20.2. The van der Waals surface area contributed by atoms with Crippen LogP contribution < -0.4 is 61.3 Å². The number of carbonyl (C=O) groups is 7. The molecule has 0 radical (unpaired) electrons. The summed E-state index contributed by atoms with van der Waals surface area (Å²) < 4.78 is 72.3. The van der Waals surface area contributed by atoms with Crippen LogP contribution in [0.5, 0.6) is 0 Å². The Morgan fingerprint density at radius 1 is 0.379 bits per heavy atom. The van der Waals surface area contributed by atoms with Gasteiger partial charge in [-0.1, -0.05) is 60.1 Å². The molecule has 0 unspecified atom stereocenters. The Bertz CT molecular complexity index is 7180. The Hall–Kier alpha value is -16.5. The average Bonchev–Trinajstić information content (AvgIpc) is 0.803. The molecule has 29 nitrogen and oxygen atoms in total. The molecule has 0 saturated heterocycles. The molecule has 6 heterocycles. The predicted molar refractivity (Wildman–Crippen MR) is 548 cm³/mol. The summed E-state index contributed by atoms with van der Waals surface area (Å²) in [7, 11) is 13.0. The third-order valence-corrected chi connectivity index (χ3v) is 20.5. The van der Waals surface area contributed by atoms with Crippen molar-refractivity contribution in [2.24, 2.45) is 0 Å². The second-order valence-corrected chi connectivity index (χ2v) is 35.4. The van der Waals surface area contributed by atoms with E-state index in [0.717, 1.165) is 142 Å². The van der Waals surface area contributed by atoms with Gasteiger partial charge in [-0.25, -0.2) is 51.9 Å². The van der Waals surface area contributed by atoms with Gasteiger partial charge in [0.25, 0.3) is 5.52 Å². The van der Waals surface area contributed by atoms with Crippen molar-refractivity contribution in [2.45, 2.75) is 79.1 Å². The number of ether oxygens (including phenoxy) is 3. The molecular weight excluding hydrogens is 1820 g/mol. The van der Waals surface area contributed by atoms with Crippen LogP contribution in [0.3, 0.4) is 0 Å². The minimum atomic E-state index is -1.75. The lowest BCUT2D eigenvalue weighted by Gasteiger charge is -2.20. The molecule has 0 fully saturated rings. The highest BCUT2D eigenvalue weighted by molar-refractivity contribution is 6.58. The van der Waals surface area contributed by atoms with E-state index in [2.05, 4.69) is 53.0 Å². The summed E-state index contributed by atoms with van der Waals surface area (Å²) in [4.78, 5) is 110. The Kier molecular flexibility index (Phi) is 35.7. The maximum atomic E-state index is 14.5. The van der Waals surface area contributed by atoms with Crippen LogP contribution in [0.1, 0.15) is 62.3 Å². The fourth-order valence-corrected chi connectivity index (χ4v) is 13.3. The first kappa shape index (κ1) is 106. The molecule has 8 N–H and O–H groups in total. The Morgan fingerprint density at radius 2 is 0.700 bits per heavy atom. The summed E-state index contributed by atoms with van der Waals surface area (Å²) in [5.74, 6) is -2.32. The highest BCUT2D eigenvalue weighted by Gasteiger charge is 2.23. The first-order chi connectivity index (χ1) is 66.2. The van der Waals surface area contributed by atoms with Crippen LogP contribution in [0.15, 0.2) is 267 Å². The number of fused-ring (bicyclic) bond motifs is 6. The van der Waals surface area contributed by atoms with Crippen molar-refractivity contribution < 1.29 is 85.3 Å². The Labute approximate surface area is 812 Å². The molecule has 0 bridgehead atoms. The Morgan fingerprint density at radius 3 is 1.06 bits per heavy atom. The fourth-order valence-electron chi connectivity index (χ4n) is 13.1. The van der Waals surface area contributed by atoms with Crippen LogP contribution >= 0.6 is 11.6 Å². The number of benzene rings is 10. The van der Waals surface area contributed by atoms with Gasteiger partial charge >= 0.3 is 25.4 Å². The zero-order chi connectivity index (χ0) is 102. The second kappa shape index (κ2) is 47.3. The molecule has 0 saturated carbocycles. The average molecular weight is 1920 g/mol. The van der Waals surface area contributed by atoms with Gasteiger partial charge in [0.2, 0.25) is 31.8 Å². The third-order valence-electron chi connectivity index (χ3n) is 20.3. The van der Waals surface area contributed by atoms with E-state index in [-0.39, 0.29) is 28.2 Å². The molecule has 0 aliphatic carbocycles. The van der Waals surface area contributed by atoms with Crippen molar-refractivity contribution >= 4 is 190 Å². The van der Waals surface area contributed by atoms with Crippen LogP contribution in [-0.4, -0.2) is 164 Å². The first-order valence-corrected chi connectivity index (χ1v) is 43.8. The summed E-state index contributed by atoms with van der Waals surface area (Å²) in [5.41, 5.74) is 18.0. The van der Waals surface area contributed by atoms with Gasteiger partial charge < -0.3 is 59.4 Å². The van der Waals surface area contributed by atoms with Crippen LogP contribution in [0, 0.1) is 23.3 Å². The lowest BCUT2D eigenvalue weighted by atomic mass is 9.80. The van der Waals surface area contributed by atoms with Crippen LogP contribution in [0.2, 0.25) is 5.15 Å². The molecule has 16 aromatic rings. The van der Waals surface area contributed by atoms with E-state index >= 15 is 0 Å². The largest absolute Gasteiger partial charge is 0.488 e. The van der Waals surface area contributed by atoms with E-state index in [9.17, 15) is 56.3 Å². The maximum absolute atomic E-state index is 14.5. The number of nitrogens with one attached hydrogen (secondary N) is 3. The number of aromatic nitrogens is 6. The zero-order valence-electron chi connectivity index (χ0n) is 80.0. The smallest absolute Gasteiger partial charge is 0.444 e. The number of halogens is 5. The van der Waals surface area contributed by atoms with Gasteiger partial charge in [0.05, 0.1) is 72.8 Å². The number of anilines is 10. The van der Waals surface area contributed by atoms with Gasteiger partial charge in [-0.15, -0.1) is 0 Å². The highest BCUT2D eigenvalue weighted by atomic mass is 35.5. The number of pyridine rings is 6. The van der Waals surface area contributed by atoms with E-state index in [0.29, 0.717) is 33.2 Å². The normalized spacial score (nSPS) is 10.8. The van der Waals surface area contributed by atoms with Crippen molar-refractivity contribution in [1.82, 2.24) is 24.9 Å².